The van der Waals surface area contributed by atoms with Gasteiger partial charge in [-0.25, -0.2) is 0 Å². The minimum Gasteiger partial charge on any atom is -0.493 e. The monoisotopic (exact) mass is 643 g/mol. The van der Waals surface area contributed by atoms with Crippen LogP contribution in [0.3, 0.4) is 0 Å². The summed E-state index contributed by atoms with van der Waals surface area (Å²) in [6, 6.07) is 9.18. The number of hydrogen-bond acceptors (Lipinski definition) is 10. The quantitative estimate of drug-likeness (QED) is 0.171. The zero-order chi connectivity index (χ0) is 33.1. The summed E-state index contributed by atoms with van der Waals surface area (Å²) in [6.45, 7) is 8.64. The summed E-state index contributed by atoms with van der Waals surface area (Å²) in [5, 5.41) is 29.8. The van der Waals surface area contributed by atoms with Crippen molar-refractivity contribution in [1.29, 1.82) is 0 Å². The van der Waals surface area contributed by atoms with Crippen molar-refractivity contribution in [2.24, 2.45) is 17.3 Å². The van der Waals surface area contributed by atoms with E-state index in [1.54, 1.807) is 27.2 Å². The molecule has 4 rings (SSSR count). The van der Waals surface area contributed by atoms with Crippen LogP contribution < -0.4 is 18.9 Å². The van der Waals surface area contributed by atoms with Gasteiger partial charge in [0.25, 0.3) is 0 Å². The largest absolute Gasteiger partial charge is 0.493 e. The van der Waals surface area contributed by atoms with Crippen molar-refractivity contribution >= 4 is 39.1 Å². The maximum absolute atomic E-state index is 12.7. The van der Waals surface area contributed by atoms with Crippen molar-refractivity contribution in [3.63, 3.8) is 0 Å². The van der Waals surface area contributed by atoms with Crippen LogP contribution in [0.25, 0.3) is 10.1 Å². The first-order valence-corrected chi connectivity index (χ1v) is 15.5. The number of hydrogen-bond donors (Lipinski definition) is 3. The molecule has 0 aliphatic carbocycles. The second-order valence-electron chi connectivity index (χ2n) is 12.4. The lowest BCUT2D eigenvalue weighted by molar-refractivity contribution is -0.143. The fraction of sp³-hybridized carbons (Fsp3) is 0.485. The molecule has 1 aliphatic rings. The molecule has 1 aromatic heterocycles. The van der Waals surface area contributed by atoms with E-state index in [2.05, 4.69) is 0 Å². The van der Waals surface area contributed by atoms with Crippen molar-refractivity contribution in [3.8, 4) is 23.0 Å². The van der Waals surface area contributed by atoms with Gasteiger partial charge >= 0.3 is 11.9 Å². The lowest BCUT2D eigenvalue weighted by atomic mass is 9.96. The fourth-order valence-corrected chi connectivity index (χ4v) is 6.01. The molecule has 0 saturated heterocycles. The van der Waals surface area contributed by atoms with Crippen LogP contribution in [-0.4, -0.2) is 71.6 Å². The maximum Gasteiger partial charge on any atom is 0.306 e. The third-order valence-corrected chi connectivity index (χ3v) is 9.01. The first-order chi connectivity index (χ1) is 21.2. The van der Waals surface area contributed by atoms with Crippen LogP contribution in [-0.2, 0) is 22.7 Å². The summed E-state index contributed by atoms with van der Waals surface area (Å²) in [5.74, 6) is -1.43. The van der Waals surface area contributed by atoms with E-state index in [1.165, 1.54) is 18.3 Å². The molecule has 11 nitrogen and oxygen atoms in total. The predicted octanol–water partition coefficient (Wildman–Crippen LogP) is 5.44. The number of aliphatic hydroxyl groups is 1. The van der Waals surface area contributed by atoms with Gasteiger partial charge in [0.1, 0.15) is 6.23 Å². The third-order valence-electron chi connectivity index (χ3n) is 7.87. The summed E-state index contributed by atoms with van der Waals surface area (Å²) < 4.78 is 24.4. The highest BCUT2D eigenvalue weighted by Crippen LogP contribution is 2.39. The number of aliphatic hydroxyl groups excluding tert-OH is 1. The highest BCUT2D eigenvalue weighted by Gasteiger charge is 2.30. The summed E-state index contributed by atoms with van der Waals surface area (Å²) >= 11 is 1.29. The number of ether oxygens (including phenoxy) is 4. The molecule has 3 atom stereocenters. The Morgan fingerprint density at radius 3 is 1.93 bits per heavy atom. The smallest absolute Gasteiger partial charge is 0.306 e. The minimum atomic E-state index is -1.01. The SMILES string of the molecule is COc1cc2c(cc1OCC(C)(C)COc1cc3cc(C(=O)C[C@H](C)C(=O)O)sc3cc1OC)CN(C(O)C[C@H](C)C(=O)O)C2. The number of nitrogens with zero attached hydrogens (tertiary/aromatic N) is 1. The van der Waals surface area contributed by atoms with Gasteiger partial charge in [0, 0.05) is 35.7 Å². The number of carbonyl (C=O) groups is 3. The zero-order valence-corrected chi connectivity index (χ0v) is 27.2. The first kappa shape index (κ1) is 34.0. The second kappa shape index (κ2) is 14.1. The van der Waals surface area contributed by atoms with E-state index in [-0.39, 0.29) is 25.2 Å². The minimum absolute atomic E-state index is 0.0713. The third kappa shape index (κ3) is 8.24. The van der Waals surface area contributed by atoms with E-state index in [0.717, 1.165) is 21.2 Å². The van der Waals surface area contributed by atoms with Gasteiger partial charge in [0.2, 0.25) is 0 Å². The normalized spacial score (nSPS) is 15.3. The second-order valence-corrected chi connectivity index (χ2v) is 13.5. The van der Waals surface area contributed by atoms with Crippen LogP contribution in [0.1, 0.15) is 61.3 Å². The number of thiophene rings is 1. The Morgan fingerprint density at radius 2 is 1.38 bits per heavy atom. The number of carboxylic acids is 2. The van der Waals surface area contributed by atoms with Crippen LogP contribution in [0, 0.1) is 17.3 Å². The maximum atomic E-state index is 12.7. The van der Waals surface area contributed by atoms with Crippen LogP contribution in [0.2, 0.25) is 0 Å². The molecule has 0 radical (unpaired) electrons. The van der Waals surface area contributed by atoms with Crippen molar-refractivity contribution in [1.82, 2.24) is 4.90 Å². The van der Waals surface area contributed by atoms with Gasteiger partial charge in [-0.15, -0.1) is 11.3 Å². The number of methoxy groups -OCH3 is 2. The summed E-state index contributed by atoms with van der Waals surface area (Å²) in [5.41, 5.74) is 1.52. The average Bonchev–Trinajstić information content (AvgIpc) is 3.61. The van der Waals surface area contributed by atoms with Gasteiger partial charge in [-0.05, 0) is 47.2 Å². The van der Waals surface area contributed by atoms with E-state index in [1.807, 2.05) is 43.0 Å². The van der Waals surface area contributed by atoms with Crippen molar-refractivity contribution in [2.45, 2.75) is 59.9 Å². The van der Waals surface area contributed by atoms with Crippen LogP contribution in [0.5, 0.6) is 23.0 Å². The van der Waals surface area contributed by atoms with E-state index in [4.69, 9.17) is 24.1 Å². The number of carbonyl (C=O) groups excluding carboxylic acids is 1. The number of aliphatic carboxylic acids is 2. The van der Waals surface area contributed by atoms with Crippen LogP contribution >= 0.6 is 11.3 Å². The highest BCUT2D eigenvalue weighted by atomic mass is 32.1. The van der Waals surface area contributed by atoms with Gasteiger partial charge in [-0.2, -0.15) is 0 Å². The summed E-state index contributed by atoms with van der Waals surface area (Å²) in [4.78, 5) is 37.4. The Balaban J connectivity index is 1.41. The molecule has 12 heteroatoms. The molecule has 1 unspecified atom stereocenters. The van der Waals surface area contributed by atoms with Crippen LogP contribution in [0.15, 0.2) is 30.3 Å². The van der Waals surface area contributed by atoms with Crippen molar-refractivity contribution in [2.75, 3.05) is 27.4 Å². The molecule has 1 aliphatic heterocycles. The van der Waals surface area contributed by atoms with Crippen LogP contribution in [0.4, 0.5) is 0 Å². The lowest BCUT2D eigenvalue weighted by Crippen LogP contribution is -2.33. The molecule has 0 bridgehead atoms. The summed E-state index contributed by atoms with van der Waals surface area (Å²) in [6.07, 6.45) is -0.820. The predicted molar refractivity (Wildman–Crippen MR) is 169 cm³/mol. The Kier molecular flexibility index (Phi) is 10.6. The molecule has 0 spiro atoms. The number of carboxylic acid groups (broad SMARTS) is 2. The Labute approximate surface area is 266 Å². The lowest BCUT2D eigenvalue weighted by Gasteiger charge is -2.26. The molecular formula is C33H41NO10S. The van der Waals surface area contributed by atoms with Gasteiger partial charge in [-0.3, -0.25) is 19.3 Å². The van der Waals surface area contributed by atoms with E-state index < -0.39 is 35.4 Å². The molecular weight excluding hydrogens is 602 g/mol. The molecule has 0 amide bonds. The molecule has 0 saturated carbocycles. The standard InChI is InChI=1S/C33H41NO10S/c1-18(31(37)38)7-23(35)29-12-20-9-26(25(42-6)13-28(20)45-29)43-16-33(3,4)17-44-27-11-22-15-34(14-21(22)10-24(27)41-5)30(36)8-19(2)32(39)40/h9-13,18-19,30,36H,7-8,14-17H2,1-6H3,(H,37,38)(H,39,40)/t18-,19-,30?/m0/s1. The molecule has 0 fully saturated rings. The number of fused-ring (bicyclic) bond motifs is 2. The molecule has 3 aromatic rings. The Bertz CT molecular complexity index is 1560. The average molecular weight is 644 g/mol. The fourth-order valence-electron chi connectivity index (χ4n) is 4.99. The Hall–Kier alpha value is -3.87. The number of rotatable bonds is 16. The summed E-state index contributed by atoms with van der Waals surface area (Å²) in [7, 11) is 3.11. The number of ketones is 1. The number of Topliss-reactive ketones (excluding diaryl/α,β-unsaturated/α-hetero) is 1. The molecule has 3 N–H and O–H groups in total. The molecule has 2 aromatic carbocycles. The molecule has 244 valence electrons. The van der Waals surface area contributed by atoms with Gasteiger partial charge in [0.15, 0.2) is 28.8 Å². The number of benzene rings is 2. The molecule has 2 heterocycles. The van der Waals surface area contributed by atoms with E-state index in [9.17, 15) is 24.6 Å². The van der Waals surface area contributed by atoms with E-state index >= 15 is 0 Å². The van der Waals surface area contributed by atoms with Gasteiger partial charge < -0.3 is 34.3 Å². The zero-order valence-electron chi connectivity index (χ0n) is 26.4. The topological polar surface area (TPSA) is 152 Å². The Morgan fingerprint density at radius 1 is 0.844 bits per heavy atom. The van der Waals surface area contributed by atoms with Crippen molar-refractivity contribution in [3.05, 3.63) is 46.3 Å². The molecule has 45 heavy (non-hydrogen) atoms. The van der Waals surface area contributed by atoms with E-state index in [0.29, 0.717) is 47.6 Å². The van der Waals surface area contributed by atoms with Gasteiger partial charge in [0.05, 0.1) is 44.1 Å². The highest BCUT2D eigenvalue weighted by molar-refractivity contribution is 7.20. The van der Waals surface area contributed by atoms with Crippen molar-refractivity contribution < 1.29 is 48.7 Å². The first-order valence-electron chi connectivity index (χ1n) is 14.7. The van der Waals surface area contributed by atoms with Gasteiger partial charge in [-0.1, -0.05) is 27.7 Å².